The maximum Gasteiger partial charge on any atom is 0.277 e. The molecular formula is C21H24N6O3S. The van der Waals surface area contributed by atoms with Crippen molar-refractivity contribution in [1.29, 1.82) is 0 Å². The van der Waals surface area contributed by atoms with Gasteiger partial charge in [0.1, 0.15) is 6.26 Å². The molecule has 0 saturated heterocycles. The third-order valence-corrected chi connectivity index (χ3v) is 5.25. The zero-order chi connectivity index (χ0) is 20.8. The zero-order valence-electron chi connectivity index (χ0n) is 17.2. The molecule has 31 heavy (non-hydrogen) atoms. The van der Waals surface area contributed by atoms with Crippen molar-refractivity contribution in [2.24, 2.45) is 7.05 Å². The van der Waals surface area contributed by atoms with E-state index in [1.807, 2.05) is 17.8 Å². The summed E-state index contributed by atoms with van der Waals surface area (Å²) in [5.41, 5.74) is 3.80. The molecule has 1 atom stereocenters. The fraction of sp³-hybridized carbons (Fsp3) is 0.333. The Balaban J connectivity index is 0.00000231. The van der Waals surface area contributed by atoms with Crippen LogP contribution in [0.2, 0.25) is 0 Å². The van der Waals surface area contributed by atoms with Crippen LogP contribution >= 0.6 is 13.5 Å². The van der Waals surface area contributed by atoms with Crippen molar-refractivity contribution in [2.75, 3.05) is 5.32 Å². The van der Waals surface area contributed by atoms with Crippen LogP contribution in [0, 0.1) is 0 Å². The number of nitrogens with zero attached hydrogens (tertiary/aromatic N) is 5. The van der Waals surface area contributed by atoms with Gasteiger partial charge in [-0.05, 0) is 43.4 Å². The first-order valence-electron chi connectivity index (χ1n) is 9.91. The summed E-state index contributed by atoms with van der Waals surface area (Å²) < 4.78 is 8.94. The molecular weight excluding hydrogens is 416 g/mol. The summed E-state index contributed by atoms with van der Waals surface area (Å²) in [7, 11) is 1.91. The highest BCUT2D eigenvalue weighted by molar-refractivity contribution is 7.59. The zero-order valence-corrected chi connectivity index (χ0v) is 18.2. The first-order chi connectivity index (χ1) is 14.5. The number of fused-ring (bicyclic) bond motifs is 1. The molecule has 0 bridgehead atoms. The number of aromatic nitrogens is 5. The molecule has 3 heterocycles. The number of amides is 1. The Bertz CT molecular complexity index is 1240. The average molecular weight is 441 g/mol. The predicted octanol–water partition coefficient (Wildman–Crippen LogP) is 3.05. The van der Waals surface area contributed by atoms with Gasteiger partial charge in [-0.1, -0.05) is 0 Å². The summed E-state index contributed by atoms with van der Waals surface area (Å²) in [5.74, 6) is 0.445. The normalized spacial score (nSPS) is 14.4. The smallest absolute Gasteiger partial charge is 0.277 e. The van der Waals surface area contributed by atoms with Gasteiger partial charge >= 0.3 is 0 Å². The van der Waals surface area contributed by atoms with Crippen molar-refractivity contribution in [3.63, 3.8) is 0 Å². The third kappa shape index (κ3) is 4.21. The Hall–Kier alpha value is -3.11. The molecule has 162 valence electrons. The topological polar surface area (TPSA) is 111 Å². The van der Waals surface area contributed by atoms with Gasteiger partial charge in [-0.25, -0.2) is 4.98 Å². The lowest BCUT2D eigenvalue weighted by Gasteiger charge is -2.10. The number of aryl methyl sites for hydroxylation is 1. The van der Waals surface area contributed by atoms with E-state index >= 15 is 0 Å². The van der Waals surface area contributed by atoms with Gasteiger partial charge in [-0.2, -0.15) is 23.7 Å². The van der Waals surface area contributed by atoms with Crippen LogP contribution in [0.5, 0.6) is 0 Å². The van der Waals surface area contributed by atoms with Crippen molar-refractivity contribution in [3.8, 4) is 11.5 Å². The number of hydrogen-bond acceptors (Lipinski definition) is 6. The van der Waals surface area contributed by atoms with E-state index < -0.39 is 6.10 Å². The highest BCUT2D eigenvalue weighted by Crippen LogP contribution is 2.44. The van der Waals surface area contributed by atoms with E-state index in [1.54, 1.807) is 30.2 Å². The highest BCUT2D eigenvalue weighted by Gasteiger charge is 2.28. The molecule has 1 saturated carbocycles. The molecule has 0 spiro atoms. The van der Waals surface area contributed by atoms with Gasteiger partial charge < -0.3 is 14.8 Å². The fourth-order valence-corrected chi connectivity index (χ4v) is 3.60. The van der Waals surface area contributed by atoms with E-state index in [4.69, 9.17) is 4.42 Å². The summed E-state index contributed by atoms with van der Waals surface area (Å²) >= 11 is 0. The Kier molecular flexibility index (Phi) is 5.59. The number of nitrogens with one attached hydrogen (secondary N) is 1. The maximum absolute atomic E-state index is 12.8. The van der Waals surface area contributed by atoms with Gasteiger partial charge in [0.2, 0.25) is 5.89 Å². The molecule has 1 fully saturated rings. The van der Waals surface area contributed by atoms with Crippen molar-refractivity contribution in [1.82, 2.24) is 24.5 Å². The van der Waals surface area contributed by atoms with Crippen LogP contribution < -0.4 is 5.32 Å². The van der Waals surface area contributed by atoms with Gasteiger partial charge in [0.05, 0.1) is 36.1 Å². The average Bonchev–Trinajstić information content (AvgIpc) is 3.10. The molecule has 1 amide bonds. The van der Waals surface area contributed by atoms with Gasteiger partial charge in [-0.3, -0.25) is 14.2 Å². The van der Waals surface area contributed by atoms with Crippen molar-refractivity contribution in [2.45, 2.75) is 38.3 Å². The van der Waals surface area contributed by atoms with Gasteiger partial charge in [0, 0.05) is 24.3 Å². The second kappa shape index (κ2) is 8.20. The number of oxazole rings is 1. The van der Waals surface area contributed by atoms with Crippen LogP contribution in [0.1, 0.15) is 41.7 Å². The molecule has 5 rings (SSSR count). The Morgan fingerprint density at radius 3 is 2.87 bits per heavy atom. The summed E-state index contributed by atoms with van der Waals surface area (Å²) in [6.07, 6.45) is 8.19. The summed E-state index contributed by atoms with van der Waals surface area (Å²) in [4.78, 5) is 17.2. The fourth-order valence-electron chi connectivity index (χ4n) is 3.60. The van der Waals surface area contributed by atoms with E-state index in [9.17, 15) is 9.90 Å². The van der Waals surface area contributed by atoms with Crippen LogP contribution in [-0.4, -0.2) is 41.7 Å². The minimum absolute atomic E-state index is 0. The molecule has 1 aromatic carbocycles. The van der Waals surface area contributed by atoms with E-state index in [2.05, 4.69) is 26.6 Å². The number of carbonyl (C=O) groups is 1. The molecule has 4 aromatic rings. The van der Waals surface area contributed by atoms with E-state index in [0.717, 1.165) is 35.0 Å². The Morgan fingerprint density at radius 2 is 2.13 bits per heavy atom. The molecule has 0 radical (unpaired) electrons. The van der Waals surface area contributed by atoms with Gasteiger partial charge in [0.15, 0.2) is 5.69 Å². The van der Waals surface area contributed by atoms with Crippen molar-refractivity contribution >= 4 is 36.0 Å². The van der Waals surface area contributed by atoms with E-state index in [-0.39, 0.29) is 25.1 Å². The van der Waals surface area contributed by atoms with Crippen molar-refractivity contribution in [3.05, 3.63) is 48.2 Å². The van der Waals surface area contributed by atoms with E-state index in [0.29, 0.717) is 23.9 Å². The lowest BCUT2D eigenvalue weighted by molar-refractivity contribution is 0.102. The first-order valence-corrected chi connectivity index (χ1v) is 9.91. The number of hydrogen-bond donors (Lipinski definition) is 2. The first kappa shape index (κ1) is 21.1. The Morgan fingerprint density at radius 1 is 1.32 bits per heavy atom. The summed E-state index contributed by atoms with van der Waals surface area (Å²) in [5, 5.41) is 21.9. The number of aliphatic hydroxyl groups is 1. The standard InChI is InChI=1S/C21H22N6O3.H2S/c1-12(28)9-27-10-15(8-23-27)21-25-18(11-30-21)20(29)24-17-5-14-7-22-26(2)19(14)6-16(17)13-3-4-13;/h5-8,10-13,28H,3-4,9H2,1-2H3,(H,24,29);1H2/t12-;/m0./s1. The van der Waals surface area contributed by atoms with Crippen LogP contribution in [0.4, 0.5) is 5.69 Å². The minimum Gasteiger partial charge on any atom is -0.444 e. The van der Waals surface area contributed by atoms with Gasteiger partial charge in [0.25, 0.3) is 5.91 Å². The molecule has 0 unspecified atom stereocenters. The number of rotatable bonds is 6. The largest absolute Gasteiger partial charge is 0.444 e. The number of aliphatic hydroxyl groups excluding tert-OH is 1. The SMILES string of the molecule is C[C@H](O)Cn1cc(-c2nc(C(=O)Nc3cc4cnn(C)c4cc3C3CC3)co2)cn1.S. The number of anilines is 1. The molecule has 9 nitrogen and oxygen atoms in total. The van der Waals surface area contributed by atoms with Crippen molar-refractivity contribution < 1.29 is 14.3 Å². The molecule has 1 aliphatic rings. The van der Waals surface area contributed by atoms with Gasteiger partial charge in [-0.15, -0.1) is 0 Å². The molecule has 3 aromatic heterocycles. The molecule has 1 aliphatic carbocycles. The summed E-state index contributed by atoms with van der Waals surface area (Å²) in [6.45, 7) is 2.06. The molecule has 0 aliphatic heterocycles. The Labute approximate surface area is 185 Å². The molecule has 10 heteroatoms. The van der Waals surface area contributed by atoms with Crippen LogP contribution in [0.15, 0.2) is 41.4 Å². The predicted molar refractivity (Wildman–Crippen MR) is 120 cm³/mol. The lowest BCUT2D eigenvalue weighted by Crippen LogP contribution is -2.13. The number of carbonyl (C=O) groups excluding carboxylic acids is 1. The number of benzene rings is 1. The second-order valence-corrected chi connectivity index (χ2v) is 7.83. The van der Waals surface area contributed by atoms with Crippen LogP contribution in [0.25, 0.3) is 22.4 Å². The minimum atomic E-state index is -0.513. The second-order valence-electron chi connectivity index (χ2n) is 7.83. The maximum atomic E-state index is 12.8. The quantitative estimate of drug-likeness (QED) is 0.477. The summed E-state index contributed by atoms with van der Waals surface area (Å²) in [6, 6.07) is 4.08. The van der Waals surface area contributed by atoms with Crippen LogP contribution in [0.3, 0.4) is 0 Å². The highest BCUT2D eigenvalue weighted by atomic mass is 32.1. The lowest BCUT2D eigenvalue weighted by atomic mass is 10.1. The van der Waals surface area contributed by atoms with Crippen LogP contribution in [-0.2, 0) is 13.6 Å². The molecule has 2 N–H and O–H groups in total. The van der Waals surface area contributed by atoms with E-state index in [1.165, 1.54) is 6.26 Å². The third-order valence-electron chi connectivity index (χ3n) is 5.25. The monoisotopic (exact) mass is 440 g/mol.